The number of likely N-dealkylation sites (tertiary alicyclic amines) is 1. The van der Waals surface area contributed by atoms with Crippen LogP contribution in [-0.4, -0.2) is 47.3 Å². The van der Waals surface area contributed by atoms with Crippen molar-refractivity contribution in [2.45, 2.75) is 32.7 Å². The summed E-state index contributed by atoms with van der Waals surface area (Å²) in [6.45, 7) is 6.47. The molecular formula is C12H18N2O2. The van der Waals surface area contributed by atoms with E-state index in [1.54, 1.807) is 6.92 Å². The molecule has 4 heteroatoms. The molecule has 1 atom stereocenters. The average molecular weight is 222 g/mol. The van der Waals surface area contributed by atoms with Gasteiger partial charge >= 0.3 is 0 Å². The zero-order valence-corrected chi connectivity index (χ0v) is 9.90. The van der Waals surface area contributed by atoms with E-state index in [0.29, 0.717) is 12.1 Å². The number of carbonyl (C=O) groups is 2. The van der Waals surface area contributed by atoms with Gasteiger partial charge in [0.2, 0.25) is 0 Å². The van der Waals surface area contributed by atoms with Gasteiger partial charge in [-0.3, -0.25) is 19.4 Å². The highest BCUT2D eigenvalue weighted by Crippen LogP contribution is 2.16. The van der Waals surface area contributed by atoms with Gasteiger partial charge in [-0.2, -0.15) is 0 Å². The van der Waals surface area contributed by atoms with E-state index in [9.17, 15) is 9.59 Å². The summed E-state index contributed by atoms with van der Waals surface area (Å²) in [7, 11) is 0. The highest BCUT2D eigenvalue weighted by atomic mass is 16.2. The van der Waals surface area contributed by atoms with Crippen LogP contribution in [0.15, 0.2) is 11.6 Å². The molecule has 0 spiro atoms. The van der Waals surface area contributed by atoms with Gasteiger partial charge in [-0.1, -0.05) is 0 Å². The summed E-state index contributed by atoms with van der Waals surface area (Å²) in [4.78, 5) is 26.9. The lowest BCUT2D eigenvalue weighted by Gasteiger charge is -2.27. The Labute approximate surface area is 95.9 Å². The van der Waals surface area contributed by atoms with Gasteiger partial charge in [-0.15, -0.1) is 0 Å². The van der Waals surface area contributed by atoms with Gasteiger partial charge in [-0.05, 0) is 39.8 Å². The van der Waals surface area contributed by atoms with Crippen LogP contribution in [0.1, 0.15) is 26.7 Å². The SMILES string of the molecule is CC1=CC(=O)N(CC(C)N2CCCC2)C1=O. The molecule has 0 aromatic carbocycles. The van der Waals surface area contributed by atoms with E-state index in [4.69, 9.17) is 0 Å². The van der Waals surface area contributed by atoms with Gasteiger partial charge in [0.25, 0.3) is 11.8 Å². The van der Waals surface area contributed by atoms with E-state index in [1.807, 2.05) is 0 Å². The standard InChI is InChI=1S/C12H18N2O2/c1-9-7-11(15)14(12(9)16)8-10(2)13-5-3-4-6-13/h7,10H,3-6,8H2,1-2H3. The summed E-state index contributed by atoms with van der Waals surface area (Å²) in [6, 6.07) is 0.273. The molecule has 88 valence electrons. The summed E-state index contributed by atoms with van der Waals surface area (Å²) < 4.78 is 0. The summed E-state index contributed by atoms with van der Waals surface area (Å²) in [5.41, 5.74) is 0.554. The molecule has 0 aromatic rings. The summed E-state index contributed by atoms with van der Waals surface area (Å²) in [5, 5.41) is 0. The first kappa shape index (κ1) is 11.3. The van der Waals surface area contributed by atoms with Gasteiger partial charge in [-0.25, -0.2) is 0 Å². The maximum atomic E-state index is 11.7. The second-order valence-corrected chi connectivity index (χ2v) is 4.67. The van der Waals surface area contributed by atoms with Crippen molar-refractivity contribution in [3.63, 3.8) is 0 Å². The Morgan fingerprint density at radius 2 is 1.94 bits per heavy atom. The largest absolute Gasteiger partial charge is 0.299 e. The Bertz CT molecular complexity index is 343. The van der Waals surface area contributed by atoms with Crippen LogP contribution in [0.25, 0.3) is 0 Å². The topological polar surface area (TPSA) is 40.6 Å². The van der Waals surface area contributed by atoms with Crippen molar-refractivity contribution >= 4 is 11.8 Å². The fourth-order valence-corrected chi connectivity index (χ4v) is 2.37. The first-order chi connectivity index (χ1) is 7.59. The van der Waals surface area contributed by atoms with Crippen LogP contribution in [-0.2, 0) is 9.59 Å². The van der Waals surface area contributed by atoms with E-state index < -0.39 is 0 Å². The number of hydrogen-bond acceptors (Lipinski definition) is 3. The van der Waals surface area contributed by atoms with Crippen LogP contribution in [0.3, 0.4) is 0 Å². The molecule has 1 fully saturated rings. The van der Waals surface area contributed by atoms with Gasteiger partial charge in [0.1, 0.15) is 0 Å². The van der Waals surface area contributed by atoms with Crippen molar-refractivity contribution in [3.05, 3.63) is 11.6 Å². The second-order valence-electron chi connectivity index (χ2n) is 4.67. The molecule has 16 heavy (non-hydrogen) atoms. The number of rotatable bonds is 3. The second kappa shape index (κ2) is 4.37. The molecule has 4 nitrogen and oxygen atoms in total. The molecule has 0 bridgehead atoms. The van der Waals surface area contributed by atoms with Crippen molar-refractivity contribution in [3.8, 4) is 0 Å². The Balaban J connectivity index is 1.95. The highest BCUT2D eigenvalue weighted by Gasteiger charge is 2.31. The van der Waals surface area contributed by atoms with E-state index in [-0.39, 0.29) is 17.9 Å². The molecule has 2 amide bonds. The van der Waals surface area contributed by atoms with Crippen molar-refractivity contribution in [1.82, 2.24) is 9.80 Å². The quantitative estimate of drug-likeness (QED) is 0.663. The summed E-state index contributed by atoms with van der Waals surface area (Å²) >= 11 is 0. The fraction of sp³-hybridized carbons (Fsp3) is 0.667. The van der Waals surface area contributed by atoms with E-state index in [1.165, 1.54) is 23.8 Å². The first-order valence-electron chi connectivity index (χ1n) is 5.88. The lowest BCUT2D eigenvalue weighted by molar-refractivity contribution is -0.138. The molecule has 0 radical (unpaired) electrons. The number of amides is 2. The molecule has 2 aliphatic rings. The zero-order valence-electron chi connectivity index (χ0n) is 9.90. The van der Waals surface area contributed by atoms with Crippen LogP contribution in [0.5, 0.6) is 0 Å². The molecular weight excluding hydrogens is 204 g/mol. The molecule has 0 N–H and O–H groups in total. The fourth-order valence-electron chi connectivity index (χ4n) is 2.37. The lowest BCUT2D eigenvalue weighted by Crippen LogP contribution is -2.43. The maximum Gasteiger partial charge on any atom is 0.256 e. The number of carbonyl (C=O) groups excluding carboxylic acids is 2. The van der Waals surface area contributed by atoms with Crippen molar-refractivity contribution in [2.24, 2.45) is 0 Å². The number of hydrogen-bond donors (Lipinski definition) is 0. The summed E-state index contributed by atoms with van der Waals surface area (Å²) in [6.07, 6.45) is 3.88. The Kier molecular flexibility index (Phi) is 3.10. The molecule has 0 aliphatic carbocycles. The highest BCUT2D eigenvalue weighted by molar-refractivity contribution is 6.15. The molecule has 1 saturated heterocycles. The van der Waals surface area contributed by atoms with Gasteiger partial charge in [0.05, 0.1) is 0 Å². The zero-order chi connectivity index (χ0) is 11.7. The maximum absolute atomic E-state index is 11.7. The predicted molar refractivity (Wildman–Crippen MR) is 60.7 cm³/mol. The molecule has 0 aromatic heterocycles. The predicted octanol–water partition coefficient (Wildman–Crippen LogP) is 0.786. The normalized spacial score (nSPS) is 24.1. The lowest BCUT2D eigenvalue weighted by atomic mass is 10.2. The number of imide groups is 1. The first-order valence-corrected chi connectivity index (χ1v) is 5.88. The van der Waals surface area contributed by atoms with Crippen molar-refractivity contribution in [2.75, 3.05) is 19.6 Å². The van der Waals surface area contributed by atoms with Crippen molar-refractivity contribution < 1.29 is 9.59 Å². The van der Waals surface area contributed by atoms with Gasteiger partial charge in [0, 0.05) is 24.2 Å². The van der Waals surface area contributed by atoms with Crippen molar-refractivity contribution in [1.29, 1.82) is 0 Å². The molecule has 2 rings (SSSR count). The third-order valence-electron chi connectivity index (χ3n) is 3.40. The van der Waals surface area contributed by atoms with Crippen LogP contribution >= 0.6 is 0 Å². The van der Waals surface area contributed by atoms with Gasteiger partial charge < -0.3 is 0 Å². The van der Waals surface area contributed by atoms with Crippen LogP contribution < -0.4 is 0 Å². The molecule has 1 unspecified atom stereocenters. The van der Waals surface area contributed by atoms with Crippen LogP contribution in [0, 0.1) is 0 Å². The Morgan fingerprint density at radius 1 is 1.31 bits per heavy atom. The minimum atomic E-state index is -0.159. The number of nitrogens with zero attached hydrogens (tertiary/aromatic N) is 2. The molecule has 0 saturated carbocycles. The average Bonchev–Trinajstić information content (AvgIpc) is 2.83. The van der Waals surface area contributed by atoms with E-state index in [0.717, 1.165) is 13.1 Å². The minimum Gasteiger partial charge on any atom is -0.299 e. The van der Waals surface area contributed by atoms with Crippen LogP contribution in [0.4, 0.5) is 0 Å². The smallest absolute Gasteiger partial charge is 0.256 e. The third-order valence-corrected chi connectivity index (χ3v) is 3.40. The molecule has 2 heterocycles. The Hall–Kier alpha value is -1.16. The van der Waals surface area contributed by atoms with E-state index in [2.05, 4.69) is 11.8 Å². The van der Waals surface area contributed by atoms with E-state index >= 15 is 0 Å². The summed E-state index contributed by atoms with van der Waals surface area (Å²) in [5.74, 6) is -0.287. The third kappa shape index (κ3) is 2.02. The van der Waals surface area contributed by atoms with Crippen LogP contribution in [0.2, 0.25) is 0 Å². The minimum absolute atomic E-state index is 0.129. The molecule has 2 aliphatic heterocycles. The van der Waals surface area contributed by atoms with Gasteiger partial charge in [0.15, 0.2) is 0 Å². The monoisotopic (exact) mass is 222 g/mol. The Morgan fingerprint density at radius 3 is 2.44 bits per heavy atom.